The predicted molar refractivity (Wildman–Crippen MR) is 81.3 cm³/mol. The molecule has 106 valence electrons. The third-order valence-electron chi connectivity index (χ3n) is 2.96. The molecule has 19 heavy (non-hydrogen) atoms. The molecule has 0 aliphatic carbocycles. The number of benzene rings is 1. The van der Waals surface area contributed by atoms with Gasteiger partial charge in [0.15, 0.2) is 0 Å². The summed E-state index contributed by atoms with van der Waals surface area (Å²) in [6.07, 6.45) is 2.78. The van der Waals surface area contributed by atoms with E-state index in [9.17, 15) is 4.79 Å². The molecule has 0 radical (unpaired) electrons. The zero-order valence-corrected chi connectivity index (χ0v) is 12.6. The van der Waals surface area contributed by atoms with Crippen LogP contribution in [0.5, 0.6) is 0 Å². The van der Waals surface area contributed by atoms with Crippen LogP contribution in [-0.4, -0.2) is 22.9 Å². The molecular weight excluding hydrogens is 258 g/mol. The Labute approximate surface area is 121 Å². The van der Waals surface area contributed by atoms with E-state index in [1.165, 1.54) is 0 Å². The maximum absolute atomic E-state index is 12.0. The first-order valence-electron chi connectivity index (χ1n) is 6.84. The highest BCUT2D eigenvalue weighted by molar-refractivity contribution is 7.80. The quantitative estimate of drug-likeness (QED) is 0.602. The molecule has 0 bridgehead atoms. The number of hydrogen-bond donors (Lipinski definition) is 1. The van der Waals surface area contributed by atoms with Gasteiger partial charge in [-0.05, 0) is 18.9 Å². The topological polar surface area (TPSA) is 29.5 Å². The first-order valence-corrected chi connectivity index (χ1v) is 7.36. The van der Waals surface area contributed by atoms with Gasteiger partial charge >= 0.3 is 6.09 Å². The molecule has 0 saturated heterocycles. The lowest BCUT2D eigenvalue weighted by Gasteiger charge is -2.26. The van der Waals surface area contributed by atoms with E-state index in [1.807, 2.05) is 37.3 Å². The van der Waals surface area contributed by atoms with Crippen molar-refractivity contribution in [3.8, 4) is 0 Å². The maximum Gasteiger partial charge on any atom is 0.410 e. The molecule has 1 amide bonds. The summed E-state index contributed by atoms with van der Waals surface area (Å²) in [4.78, 5) is 13.7. The Bertz CT molecular complexity index is 370. The number of rotatable bonds is 7. The zero-order valence-electron chi connectivity index (χ0n) is 11.7. The Morgan fingerprint density at radius 3 is 2.58 bits per heavy atom. The van der Waals surface area contributed by atoms with E-state index >= 15 is 0 Å². The number of ether oxygens (including phenoxy) is 1. The van der Waals surface area contributed by atoms with Crippen LogP contribution < -0.4 is 0 Å². The number of carbonyl (C=O) groups is 1. The smallest absolute Gasteiger partial charge is 0.410 e. The minimum Gasteiger partial charge on any atom is -0.445 e. The second-order valence-corrected chi connectivity index (χ2v) is 5.05. The van der Waals surface area contributed by atoms with E-state index in [-0.39, 0.29) is 11.5 Å². The lowest BCUT2D eigenvalue weighted by molar-refractivity contribution is 0.0934. The molecular formula is C15H23NO2S. The monoisotopic (exact) mass is 281 g/mol. The molecule has 0 saturated carbocycles. The third-order valence-corrected chi connectivity index (χ3v) is 3.49. The molecule has 1 aromatic rings. The van der Waals surface area contributed by atoms with Crippen LogP contribution in [0.1, 0.15) is 38.7 Å². The average molecular weight is 281 g/mol. The second-order valence-electron chi connectivity index (χ2n) is 4.45. The van der Waals surface area contributed by atoms with Crippen LogP contribution in [0.4, 0.5) is 4.79 Å². The van der Waals surface area contributed by atoms with Gasteiger partial charge in [-0.1, -0.05) is 50.1 Å². The fourth-order valence-corrected chi connectivity index (χ4v) is 2.25. The fraction of sp³-hybridized carbons (Fsp3) is 0.533. The Hall–Kier alpha value is -1.16. The summed E-state index contributed by atoms with van der Waals surface area (Å²) in [6, 6.07) is 9.70. The number of hydrogen-bond acceptors (Lipinski definition) is 3. The van der Waals surface area contributed by atoms with E-state index in [1.54, 1.807) is 4.90 Å². The molecule has 0 spiro atoms. The van der Waals surface area contributed by atoms with Gasteiger partial charge in [-0.15, -0.1) is 0 Å². The van der Waals surface area contributed by atoms with Crippen LogP contribution in [0.25, 0.3) is 0 Å². The van der Waals surface area contributed by atoms with E-state index in [0.29, 0.717) is 13.2 Å². The first-order chi connectivity index (χ1) is 9.19. The summed E-state index contributed by atoms with van der Waals surface area (Å²) in [7, 11) is 0. The van der Waals surface area contributed by atoms with Crippen molar-refractivity contribution in [2.45, 2.75) is 45.1 Å². The summed E-state index contributed by atoms with van der Waals surface area (Å²) in [5.74, 6) is 0. The summed E-state index contributed by atoms with van der Waals surface area (Å²) in [5.41, 5.74) is 0.996. The van der Waals surface area contributed by atoms with Crippen LogP contribution in [0, 0.1) is 0 Å². The highest BCUT2D eigenvalue weighted by Gasteiger charge is 2.19. The Morgan fingerprint density at radius 1 is 1.32 bits per heavy atom. The second kappa shape index (κ2) is 8.86. The lowest BCUT2D eigenvalue weighted by atomic mass is 10.2. The molecule has 0 N–H and O–H groups in total. The normalized spacial score (nSPS) is 11.9. The van der Waals surface area contributed by atoms with Crippen molar-refractivity contribution in [1.82, 2.24) is 4.90 Å². The van der Waals surface area contributed by atoms with Crippen LogP contribution in [-0.2, 0) is 11.3 Å². The summed E-state index contributed by atoms with van der Waals surface area (Å²) in [6.45, 7) is 5.00. The van der Waals surface area contributed by atoms with Crippen molar-refractivity contribution in [3.63, 3.8) is 0 Å². The highest BCUT2D eigenvalue weighted by Crippen LogP contribution is 2.14. The summed E-state index contributed by atoms with van der Waals surface area (Å²) >= 11 is 4.48. The van der Waals surface area contributed by atoms with Crippen LogP contribution in [0.3, 0.4) is 0 Å². The van der Waals surface area contributed by atoms with E-state index in [4.69, 9.17) is 4.74 Å². The molecule has 1 unspecified atom stereocenters. The fourth-order valence-electron chi connectivity index (χ4n) is 1.81. The van der Waals surface area contributed by atoms with Crippen LogP contribution >= 0.6 is 12.6 Å². The average Bonchev–Trinajstić information content (AvgIpc) is 2.44. The Morgan fingerprint density at radius 2 is 2.00 bits per heavy atom. The predicted octanol–water partition coefficient (Wildman–Crippen LogP) is 4.09. The van der Waals surface area contributed by atoms with Crippen molar-refractivity contribution >= 4 is 18.7 Å². The van der Waals surface area contributed by atoms with Crippen molar-refractivity contribution < 1.29 is 9.53 Å². The Balaban J connectivity index is 2.45. The number of nitrogens with zero attached hydrogens (tertiary/aromatic N) is 1. The number of thiol groups is 1. The molecule has 1 aromatic carbocycles. The van der Waals surface area contributed by atoms with Gasteiger partial charge in [0.05, 0.1) is 5.37 Å². The zero-order chi connectivity index (χ0) is 14.1. The number of carbonyl (C=O) groups excluding carboxylic acids is 1. The van der Waals surface area contributed by atoms with Crippen molar-refractivity contribution in [2.75, 3.05) is 6.54 Å². The third kappa shape index (κ3) is 5.55. The van der Waals surface area contributed by atoms with Gasteiger partial charge in [0, 0.05) is 6.54 Å². The number of amides is 1. The van der Waals surface area contributed by atoms with Crippen molar-refractivity contribution in [3.05, 3.63) is 35.9 Å². The summed E-state index contributed by atoms with van der Waals surface area (Å²) < 4.78 is 5.32. The van der Waals surface area contributed by atoms with E-state index in [2.05, 4.69) is 19.6 Å². The van der Waals surface area contributed by atoms with Crippen molar-refractivity contribution in [2.24, 2.45) is 0 Å². The molecule has 1 rings (SSSR count). The Kier molecular flexibility index (Phi) is 7.41. The molecule has 3 nitrogen and oxygen atoms in total. The van der Waals surface area contributed by atoms with Gasteiger partial charge in [0.25, 0.3) is 0 Å². The van der Waals surface area contributed by atoms with Crippen LogP contribution in [0.2, 0.25) is 0 Å². The minimum atomic E-state index is -0.289. The van der Waals surface area contributed by atoms with Gasteiger partial charge in [0.2, 0.25) is 0 Å². The van der Waals surface area contributed by atoms with E-state index < -0.39 is 0 Å². The molecule has 0 aliphatic heterocycles. The lowest BCUT2D eigenvalue weighted by Crippen LogP contribution is -2.37. The molecule has 0 heterocycles. The SMILES string of the molecule is CCCCC(S)N(CC)C(=O)OCc1ccccc1. The van der Waals surface area contributed by atoms with Crippen molar-refractivity contribution in [1.29, 1.82) is 0 Å². The minimum absolute atomic E-state index is 0.0618. The van der Waals surface area contributed by atoms with Gasteiger partial charge in [-0.3, -0.25) is 4.90 Å². The van der Waals surface area contributed by atoms with Gasteiger partial charge in [-0.25, -0.2) is 4.79 Å². The number of unbranched alkanes of at least 4 members (excludes halogenated alkanes) is 1. The molecule has 0 fully saturated rings. The highest BCUT2D eigenvalue weighted by atomic mass is 32.1. The van der Waals surface area contributed by atoms with Gasteiger partial charge in [0.1, 0.15) is 6.61 Å². The van der Waals surface area contributed by atoms with E-state index in [0.717, 1.165) is 24.8 Å². The largest absolute Gasteiger partial charge is 0.445 e. The van der Waals surface area contributed by atoms with Gasteiger partial charge < -0.3 is 4.74 Å². The standard InChI is InChI=1S/C15H23NO2S/c1-3-5-11-14(19)16(4-2)15(17)18-12-13-9-7-6-8-10-13/h6-10,14,19H,3-5,11-12H2,1-2H3. The molecule has 0 aromatic heterocycles. The molecule has 4 heteroatoms. The van der Waals surface area contributed by atoms with Gasteiger partial charge in [-0.2, -0.15) is 12.6 Å². The molecule has 1 atom stereocenters. The van der Waals surface area contributed by atoms with Crippen LogP contribution in [0.15, 0.2) is 30.3 Å². The molecule has 0 aliphatic rings. The summed E-state index contributed by atoms with van der Waals surface area (Å²) in [5, 5.41) is -0.0618. The first kappa shape index (κ1) is 15.9. The maximum atomic E-state index is 12.0.